The van der Waals surface area contributed by atoms with Crippen molar-refractivity contribution in [3.8, 4) is 28.5 Å². The van der Waals surface area contributed by atoms with Crippen molar-refractivity contribution in [2.75, 3.05) is 20.3 Å². The average molecular weight is 507 g/mol. The van der Waals surface area contributed by atoms with Gasteiger partial charge >= 0.3 is 11.8 Å². The summed E-state index contributed by atoms with van der Waals surface area (Å²) in [6, 6.07) is 9.70. The molecule has 37 heavy (non-hydrogen) atoms. The molecule has 1 aliphatic heterocycles. The van der Waals surface area contributed by atoms with Gasteiger partial charge in [0.15, 0.2) is 0 Å². The molecule has 196 valence electrons. The first-order valence-electron chi connectivity index (χ1n) is 12.7. The zero-order valence-electron chi connectivity index (χ0n) is 21.6. The van der Waals surface area contributed by atoms with Crippen LogP contribution in [0.3, 0.4) is 0 Å². The molecule has 0 saturated heterocycles. The molecule has 4 rings (SSSR count). The molecule has 1 atom stereocenters. The minimum atomic E-state index is -1.86. The second-order valence-electron chi connectivity index (χ2n) is 8.88. The number of fused-ring (bicyclic) bond motifs is 1. The fraction of sp³-hybridized carbons (Fsp3) is 0.379. The largest absolute Gasteiger partial charge is 0.496 e. The normalized spacial score (nSPS) is 16.2. The fourth-order valence-corrected chi connectivity index (χ4v) is 4.51. The number of rotatable bonds is 13. The number of benzene rings is 2. The number of methoxy groups -OCH3 is 1. The summed E-state index contributed by atoms with van der Waals surface area (Å²) in [7, 11) is 1.65. The van der Waals surface area contributed by atoms with Crippen LogP contribution in [0.1, 0.15) is 49.8 Å². The van der Waals surface area contributed by atoms with Crippen molar-refractivity contribution in [2.24, 2.45) is 0 Å². The van der Waals surface area contributed by atoms with E-state index in [-0.39, 0.29) is 6.61 Å². The lowest BCUT2D eigenvalue weighted by atomic mass is 10.0. The Hall–Kier alpha value is -3.78. The first kappa shape index (κ1) is 26.3. The van der Waals surface area contributed by atoms with Gasteiger partial charge in [0.1, 0.15) is 17.2 Å². The van der Waals surface area contributed by atoms with Gasteiger partial charge in [0.25, 0.3) is 0 Å². The first-order valence-corrected chi connectivity index (χ1v) is 12.7. The van der Waals surface area contributed by atoms with Crippen LogP contribution in [0, 0.1) is 0 Å². The Bertz CT molecular complexity index is 1240. The molecular formula is C29H34N2O6. The van der Waals surface area contributed by atoms with Gasteiger partial charge in [-0.25, -0.2) is 9.78 Å². The Morgan fingerprint density at radius 3 is 2.68 bits per heavy atom. The maximum Gasteiger partial charge on any atom is 0.381 e. The standard InChI is InChI=1S/C29H34N2O6/c1-4-8-20-10-6-11-21-14-15-29(28(32)33,37-26(20)21)36-17-7-16-35-25-13-12-22(24-18-30-19-31-24)27(34-3)23(25)9-5-2/h6,10-15,18-19H,4-5,7-9,16-17H2,1-3H3,(H,30,31)(H,32,33). The van der Waals surface area contributed by atoms with Crippen LogP contribution in [0.15, 0.2) is 48.9 Å². The predicted octanol–water partition coefficient (Wildman–Crippen LogP) is 5.66. The molecule has 3 aromatic rings. The SMILES string of the molecule is CCCc1cccc2c1OC(OCCCOc1ccc(-c3cnc[nH]3)c(OC)c1CCC)(C(=O)O)C=C2. The highest BCUT2D eigenvalue weighted by atomic mass is 16.7. The zero-order valence-corrected chi connectivity index (χ0v) is 21.6. The summed E-state index contributed by atoms with van der Waals surface area (Å²) >= 11 is 0. The van der Waals surface area contributed by atoms with Gasteiger partial charge in [0.2, 0.25) is 0 Å². The maximum atomic E-state index is 12.2. The number of aromatic nitrogens is 2. The summed E-state index contributed by atoms with van der Waals surface area (Å²) in [4.78, 5) is 19.4. The van der Waals surface area contributed by atoms with Gasteiger partial charge in [-0.2, -0.15) is 0 Å². The number of carbonyl (C=O) groups is 1. The lowest BCUT2D eigenvalue weighted by Crippen LogP contribution is -2.47. The van der Waals surface area contributed by atoms with Gasteiger partial charge in [0.05, 0.1) is 38.5 Å². The molecule has 0 saturated carbocycles. The Balaban J connectivity index is 1.42. The molecule has 0 aliphatic carbocycles. The molecule has 0 fully saturated rings. The van der Waals surface area contributed by atoms with Crippen LogP contribution in [-0.4, -0.2) is 47.2 Å². The topological polar surface area (TPSA) is 103 Å². The van der Waals surface area contributed by atoms with E-state index < -0.39 is 11.8 Å². The van der Waals surface area contributed by atoms with E-state index in [0.29, 0.717) is 18.8 Å². The number of aliphatic carboxylic acids is 1. The lowest BCUT2D eigenvalue weighted by Gasteiger charge is -2.32. The number of imidazole rings is 1. The van der Waals surface area contributed by atoms with E-state index in [9.17, 15) is 9.90 Å². The lowest BCUT2D eigenvalue weighted by molar-refractivity contribution is -0.195. The third kappa shape index (κ3) is 5.64. The van der Waals surface area contributed by atoms with Crippen molar-refractivity contribution in [3.05, 3.63) is 65.6 Å². The summed E-state index contributed by atoms with van der Waals surface area (Å²) in [5.74, 6) is -0.988. The Kier molecular flexibility index (Phi) is 8.50. The van der Waals surface area contributed by atoms with E-state index in [2.05, 4.69) is 23.8 Å². The van der Waals surface area contributed by atoms with E-state index in [1.54, 1.807) is 25.7 Å². The van der Waals surface area contributed by atoms with Crippen molar-refractivity contribution in [1.29, 1.82) is 0 Å². The highest BCUT2D eigenvalue weighted by Crippen LogP contribution is 2.39. The van der Waals surface area contributed by atoms with E-state index in [1.807, 2.05) is 30.3 Å². The number of carboxylic acids is 1. The van der Waals surface area contributed by atoms with E-state index in [1.165, 1.54) is 6.08 Å². The molecule has 0 radical (unpaired) electrons. The van der Waals surface area contributed by atoms with Crippen LogP contribution in [0.2, 0.25) is 0 Å². The third-order valence-corrected chi connectivity index (χ3v) is 6.25. The smallest absolute Gasteiger partial charge is 0.381 e. The maximum absolute atomic E-state index is 12.2. The molecule has 0 bridgehead atoms. The minimum absolute atomic E-state index is 0.147. The number of ether oxygens (including phenoxy) is 4. The minimum Gasteiger partial charge on any atom is -0.496 e. The fourth-order valence-electron chi connectivity index (χ4n) is 4.51. The number of H-pyrrole nitrogens is 1. The van der Waals surface area contributed by atoms with Crippen LogP contribution < -0.4 is 14.2 Å². The second kappa shape index (κ2) is 12.0. The van der Waals surface area contributed by atoms with Crippen LogP contribution in [0.5, 0.6) is 17.2 Å². The number of hydrogen-bond acceptors (Lipinski definition) is 6. The summed E-state index contributed by atoms with van der Waals surface area (Å²) in [6.45, 7) is 4.67. The monoisotopic (exact) mass is 506 g/mol. The summed E-state index contributed by atoms with van der Waals surface area (Å²) in [6.07, 6.45) is 10.5. The van der Waals surface area contributed by atoms with Crippen molar-refractivity contribution in [2.45, 2.75) is 51.7 Å². The molecule has 2 N–H and O–H groups in total. The van der Waals surface area contributed by atoms with Crippen LogP contribution in [0.25, 0.3) is 17.3 Å². The van der Waals surface area contributed by atoms with Gasteiger partial charge < -0.3 is 29.0 Å². The molecule has 2 aromatic carbocycles. The van der Waals surface area contributed by atoms with Crippen molar-refractivity contribution in [1.82, 2.24) is 9.97 Å². The third-order valence-electron chi connectivity index (χ3n) is 6.25. The van der Waals surface area contributed by atoms with Gasteiger partial charge in [-0.15, -0.1) is 0 Å². The number of nitrogens with one attached hydrogen (secondary N) is 1. The number of aryl methyl sites for hydroxylation is 1. The average Bonchev–Trinajstić information content (AvgIpc) is 3.44. The van der Waals surface area contributed by atoms with Gasteiger partial charge in [-0.3, -0.25) is 0 Å². The van der Waals surface area contributed by atoms with Gasteiger partial charge in [-0.05, 0) is 42.7 Å². The predicted molar refractivity (Wildman–Crippen MR) is 141 cm³/mol. The quantitative estimate of drug-likeness (QED) is 0.288. The molecular weight excluding hydrogens is 472 g/mol. The summed E-state index contributed by atoms with van der Waals surface area (Å²) in [5.41, 5.74) is 4.60. The van der Waals surface area contributed by atoms with E-state index >= 15 is 0 Å². The Morgan fingerprint density at radius 2 is 1.97 bits per heavy atom. The first-order chi connectivity index (χ1) is 18.0. The number of para-hydroxylation sites is 1. The Labute approximate surface area is 217 Å². The Morgan fingerprint density at radius 1 is 1.14 bits per heavy atom. The molecule has 2 heterocycles. The molecule has 0 amide bonds. The van der Waals surface area contributed by atoms with Crippen LogP contribution in [-0.2, 0) is 22.4 Å². The van der Waals surface area contributed by atoms with E-state index in [0.717, 1.165) is 65.1 Å². The van der Waals surface area contributed by atoms with Gasteiger partial charge in [-0.1, -0.05) is 44.9 Å². The molecule has 1 aliphatic rings. The van der Waals surface area contributed by atoms with Crippen molar-refractivity contribution in [3.63, 3.8) is 0 Å². The van der Waals surface area contributed by atoms with E-state index in [4.69, 9.17) is 18.9 Å². The number of nitrogens with zero attached hydrogens (tertiary/aromatic N) is 1. The highest BCUT2D eigenvalue weighted by Gasteiger charge is 2.43. The molecule has 1 aromatic heterocycles. The van der Waals surface area contributed by atoms with Gasteiger partial charge in [0, 0.05) is 23.1 Å². The summed E-state index contributed by atoms with van der Waals surface area (Å²) < 4.78 is 23.7. The summed E-state index contributed by atoms with van der Waals surface area (Å²) in [5, 5.41) is 9.97. The van der Waals surface area contributed by atoms with Crippen LogP contribution in [0.4, 0.5) is 0 Å². The molecule has 8 nitrogen and oxygen atoms in total. The number of carboxylic acid groups (broad SMARTS) is 1. The highest BCUT2D eigenvalue weighted by molar-refractivity contribution is 5.82. The zero-order chi connectivity index (χ0) is 26.3. The van der Waals surface area contributed by atoms with Crippen molar-refractivity contribution >= 4 is 12.0 Å². The second-order valence-corrected chi connectivity index (χ2v) is 8.88. The van der Waals surface area contributed by atoms with Crippen molar-refractivity contribution < 1.29 is 28.8 Å². The molecule has 8 heteroatoms. The molecule has 0 spiro atoms. The number of hydrogen-bond donors (Lipinski definition) is 2. The molecule has 1 unspecified atom stereocenters. The number of aromatic amines is 1. The van der Waals surface area contributed by atoms with Crippen LogP contribution >= 0.6 is 0 Å².